The summed E-state index contributed by atoms with van der Waals surface area (Å²) in [6.07, 6.45) is 3.00. The van der Waals surface area contributed by atoms with E-state index in [2.05, 4.69) is 23.7 Å². The number of nitrogens with two attached hydrogens (primary N) is 2. The molecule has 1 heterocycles. The Kier molecular flexibility index (Phi) is 4.15. The monoisotopic (exact) mass is 210 g/mol. The predicted octanol–water partition coefficient (Wildman–Crippen LogP) is 0.546. The average Bonchev–Trinajstić information content (AvgIpc) is 2.60. The maximum Gasteiger partial charge on any atom is 0.124 e. The van der Waals surface area contributed by atoms with E-state index in [4.69, 9.17) is 11.5 Å². The zero-order valence-electron chi connectivity index (χ0n) is 9.90. The molecule has 0 saturated carbocycles. The first-order valence-corrected chi connectivity index (χ1v) is 5.49. The van der Waals surface area contributed by atoms with Crippen molar-refractivity contribution in [1.82, 2.24) is 4.90 Å². The van der Waals surface area contributed by atoms with E-state index in [9.17, 15) is 0 Å². The second kappa shape index (κ2) is 5.16. The Labute approximate surface area is 92.0 Å². The van der Waals surface area contributed by atoms with Gasteiger partial charge in [-0.1, -0.05) is 13.8 Å². The molecule has 4 nitrogen and oxygen atoms in total. The van der Waals surface area contributed by atoms with Crippen LogP contribution in [0.4, 0.5) is 0 Å². The molecule has 1 saturated heterocycles. The van der Waals surface area contributed by atoms with Crippen molar-refractivity contribution in [2.45, 2.75) is 26.3 Å². The van der Waals surface area contributed by atoms with Gasteiger partial charge in [0.2, 0.25) is 0 Å². The number of allylic oxidation sites excluding steroid dienone is 1. The fourth-order valence-corrected chi connectivity index (χ4v) is 1.61. The number of nitrogens with zero attached hydrogens (tertiary/aromatic N) is 2. The number of rotatable bonds is 2. The summed E-state index contributed by atoms with van der Waals surface area (Å²) in [4.78, 5) is 6.45. The zero-order valence-corrected chi connectivity index (χ0v) is 9.90. The van der Waals surface area contributed by atoms with E-state index in [1.54, 1.807) is 7.05 Å². The van der Waals surface area contributed by atoms with Gasteiger partial charge in [0, 0.05) is 31.9 Å². The molecule has 4 N–H and O–H groups in total. The molecule has 0 bridgehead atoms. The first-order valence-electron chi connectivity index (χ1n) is 5.49. The number of hydrogen-bond donors (Lipinski definition) is 2. The zero-order chi connectivity index (χ0) is 11.4. The molecule has 1 aliphatic rings. The molecule has 0 amide bonds. The molecule has 0 unspecified atom stereocenters. The smallest absolute Gasteiger partial charge is 0.124 e. The van der Waals surface area contributed by atoms with Gasteiger partial charge < -0.3 is 16.4 Å². The van der Waals surface area contributed by atoms with Gasteiger partial charge in [0.25, 0.3) is 0 Å². The van der Waals surface area contributed by atoms with Crippen molar-refractivity contribution in [1.29, 1.82) is 0 Å². The minimum absolute atomic E-state index is 0.274. The van der Waals surface area contributed by atoms with Crippen LogP contribution in [0.2, 0.25) is 0 Å². The maximum atomic E-state index is 5.92. The van der Waals surface area contributed by atoms with Gasteiger partial charge in [-0.2, -0.15) is 0 Å². The van der Waals surface area contributed by atoms with E-state index in [0.29, 0.717) is 5.92 Å². The molecule has 1 rings (SSSR count). The quantitative estimate of drug-likeness (QED) is 0.516. The van der Waals surface area contributed by atoms with E-state index in [0.717, 1.165) is 31.0 Å². The van der Waals surface area contributed by atoms with Crippen LogP contribution in [0.25, 0.3) is 0 Å². The highest BCUT2D eigenvalue weighted by molar-refractivity contribution is 5.93. The standard InChI is InChI=1S/C11H22N4/c1-8(2)10(13)6-11(14-3)15-5-4-9(12)7-15/h6,8-9H,4-5,7,12-13H2,1-3H3/t9-/m0/s1. The summed E-state index contributed by atoms with van der Waals surface area (Å²) in [6, 6.07) is 0.274. The summed E-state index contributed by atoms with van der Waals surface area (Å²) in [5, 5.41) is 0. The molecule has 0 aromatic carbocycles. The third-order valence-electron chi connectivity index (χ3n) is 2.74. The lowest BCUT2D eigenvalue weighted by molar-refractivity contribution is 0.511. The highest BCUT2D eigenvalue weighted by atomic mass is 15.2. The molecule has 4 heteroatoms. The fourth-order valence-electron chi connectivity index (χ4n) is 1.61. The van der Waals surface area contributed by atoms with Crippen molar-refractivity contribution in [2.24, 2.45) is 22.4 Å². The van der Waals surface area contributed by atoms with Crippen molar-refractivity contribution in [2.75, 3.05) is 20.1 Å². The molecule has 0 aromatic heterocycles. The molecular weight excluding hydrogens is 188 g/mol. The third-order valence-corrected chi connectivity index (χ3v) is 2.74. The van der Waals surface area contributed by atoms with Crippen LogP contribution < -0.4 is 11.5 Å². The number of likely N-dealkylation sites (tertiary alicyclic amines) is 1. The molecule has 0 aromatic rings. The van der Waals surface area contributed by atoms with Crippen molar-refractivity contribution in [3.05, 3.63) is 11.8 Å². The molecule has 15 heavy (non-hydrogen) atoms. The summed E-state index contributed by atoms with van der Waals surface area (Å²) in [6.45, 7) is 6.02. The largest absolute Gasteiger partial charge is 0.402 e. The Morgan fingerprint density at radius 1 is 1.53 bits per heavy atom. The topological polar surface area (TPSA) is 67.6 Å². The van der Waals surface area contributed by atoms with E-state index in [1.807, 2.05) is 6.08 Å². The van der Waals surface area contributed by atoms with E-state index in [-0.39, 0.29) is 6.04 Å². The van der Waals surface area contributed by atoms with Crippen LogP contribution in [0.15, 0.2) is 16.8 Å². The first kappa shape index (κ1) is 12.0. The minimum atomic E-state index is 0.274. The molecule has 1 fully saturated rings. The molecule has 1 atom stereocenters. The van der Waals surface area contributed by atoms with Gasteiger partial charge in [0.05, 0.1) is 0 Å². The minimum Gasteiger partial charge on any atom is -0.402 e. The van der Waals surface area contributed by atoms with Crippen molar-refractivity contribution in [3.63, 3.8) is 0 Å². The lowest BCUT2D eigenvalue weighted by atomic mass is 10.1. The van der Waals surface area contributed by atoms with Gasteiger partial charge in [0.15, 0.2) is 0 Å². The van der Waals surface area contributed by atoms with E-state index < -0.39 is 0 Å². The average molecular weight is 210 g/mol. The van der Waals surface area contributed by atoms with Crippen LogP contribution in [-0.4, -0.2) is 36.9 Å². The second-order valence-corrected chi connectivity index (χ2v) is 4.38. The van der Waals surface area contributed by atoms with Gasteiger partial charge in [-0.25, -0.2) is 0 Å². The molecule has 1 aliphatic heterocycles. The first-order chi connectivity index (χ1) is 7.04. The Balaban J connectivity index is 2.69. The second-order valence-electron chi connectivity index (χ2n) is 4.38. The van der Waals surface area contributed by atoms with E-state index >= 15 is 0 Å². The fraction of sp³-hybridized carbons (Fsp3) is 0.727. The van der Waals surface area contributed by atoms with E-state index in [1.165, 1.54) is 0 Å². The van der Waals surface area contributed by atoms with Gasteiger partial charge >= 0.3 is 0 Å². The van der Waals surface area contributed by atoms with Crippen molar-refractivity contribution >= 4 is 5.84 Å². The highest BCUT2D eigenvalue weighted by Crippen LogP contribution is 2.10. The van der Waals surface area contributed by atoms with Gasteiger partial charge in [-0.05, 0) is 18.4 Å². The molecule has 0 spiro atoms. The summed E-state index contributed by atoms with van der Waals surface area (Å²) in [7, 11) is 1.79. The van der Waals surface area contributed by atoms with Crippen LogP contribution in [0.5, 0.6) is 0 Å². The van der Waals surface area contributed by atoms with Gasteiger partial charge in [-0.15, -0.1) is 0 Å². The third kappa shape index (κ3) is 3.23. The van der Waals surface area contributed by atoms with Crippen LogP contribution in [0.3, 0.4) is 0 Å². The molecule has 0 radical (unpaired) electrons. The molecular formula is C11H22N4. The Morgan fingerprint density at radius 2 is 2.20 bits per heavy atom. The maximum absolute atomic E-state index is 5.92. The lowest BCUT2D eigenvalue weighted by Gasteiger charge is -2.18. The van der Waals surface area contributed by atoms with Gasteiger partial charge in [-0.3, -0.25) is 4.99 Å². The van der Waals surface area contributed by atoms with Crippen LogP contribution in [0, 0.1) is 5.92 Å². The molecule has 0 aliphatic carbocycles. The summed E-state index contributed by atoms with van der Waals surface area (Å²) < 4.78 is 0. The van der Waals surface area contributed by atoms with Crippen molar-refractivity contribution < 1.29 is 0 Å². The normalized spacial score (nSPS) is 24.1. The van der Waals surface area contributed by atoms with Crippen molar-refractivity contribution in [3.8, 4) is 0 Å². The SMILES string of the molecule is CN=C(C=C(N)C(C)C)N1CC[C@H](N)C1. The number of aliphatic imine (C=N–C) groups is 1. The van der Waals surface area contributed by atoms with Crippen LogP contribution >= 0.6 is 0 Å². The summed E-state index contributed by atoms with van der Waals surface area (Å²) in [5.41, 5.74) is 12.6. The summed E-state index contributed by atoms with van der Waals surface area (Å²) in [5.74, 6) is 1.31. The molecule has 86 valence electrons. The van der Waals surface area contributed by atoms with Crippen LogP contribution in [0.1, 0.15) is 20.3 Å². The number of amidine groups is 1. The number of hydrogen-bond acceptors (Lipinski definition) is 3. The lowest BCUT2D eigenvalue weighted by Crippen LogP contribution is -2.31. The Hall–Kier alpha value is -1.03. The predicted molar refractivity (Wildman–Crippen MR) is 64.6 cm³/mol. The van der Waals surface area contributed by atoms with Gasteiger partial charge in [0.1, 0.15) is 5.84 Å². The Morgan fingerprint density at radius 3 is 2.60 bits per heavy atom. The Bertz CT molecular complexity index is 268. The van der Waals surface area contributed by atoms with Crippen LogP contribution in [-0.2, 0) is 0 Å². The summed E-state index contributed by atoms with van der Waals surface area (Å²) >= 11 is 0. The highest BCUT2D eigenvalue weighted by Gasteiger charge is 2.20.